The molecule has 0 aliphatic heterocycles. The molecule has 43 valence electrons. The van der Waals surface area contributed by atoms with E-state index in [0.29, 0.717) is 0 Å². The second kappa shape index (κ2) is 4.13. The number of rotatable bonds is 0. The summed E-state index contributed by atoms with van der Waals surface area (Å²) in [6, 6.07) is 0. The van der Waals surface area contributed by atoms with Gasteiger partial charge in [0.05, 0.1) is 0 Å². The van der Waals surface area contributed by atoms with E-state index in [1.165, 1.54) is 32.1 Å². The van der Waals surface area contributed by atoms with E-state index in [2.05, 4.69) is 6.42 Å². The van der Waals surface area contributed by atoms with Crippen molar-refractivity contribution in [2.24, 2.45) is 0 Å². The van der Waals surface area contributed by atoms with Gasteiger partial charge in [-0.1, -0.05) is 32.1 Å². The van der Waals surface area contributed by atoms with Crippen LogP contribution >= 0.6 is 0 Å². The maximum atomic E-state index is 2.39. The van der Waals surface area contributed by atoms with E-state index < -0.39 is 0 Å². The molecule has 0 amide bonds. The highest BCUT2D eigenvalue weighted by molar-refractivity contribution is 4.69. The summed E-state index contributed by atoms with van der Waals surface area (Å²) < 4.78 is 0. The lowest BCUT2D eigenvalue weighted by molar-refractivity contribution is 0.593. The lowest BCUT2D eigenvalue weighted by Crippen LogP contribution is -1.87. The van der Waals surface area contributed by atoms with Gasteiger partial charge >= 0.3 is 0 Å². The minimum Gasteiger partial charge on any atom is -0.344 e. The van der Waals surface area contributed by atoms with Gasteiger partial charge in [0.2, 0.25) is 0 Å². The first-order valence-electron chi connectivity index (χ1n) is 2.82. The van der Waals surface area contributed by atoms with Crippen LogP contribution in [-0.2, 0) is 0 Å². The maximum absolute atomic E-state index is 2.39. The fourth-order valence-electron chi connectivity index (χ4n) is 0.898. The van der Waals surface area contributed by atoms with E-state index in [0.717, 1.165) is 0 Å². The molecule has 3 N–H and O–H groups in total. The molecular weight excluding hydrogens is 86.1 g/mol. The Hall–Kier alpha value is -0.0400. The SMILES string of the molecule is N.[CH]1CCCCC1. The van der Waals surface area contributed by atoms with E-state index in [1.807, 2.05) is 0 Å². The van der Waals surface area contributed by atoms with Crippen LogP contribution in [0.3, 0.4) is 0 Å². The molecule has 1 aliphatic carbocycles. The maximum Gasteiger partial charge on any atom is -0.0386 e. The van der Waals surface area contributed by atoms with Crippen LogP contribution in [0.2, 0.25) is 0 Å². The fraction of sp³-hybridized carbons (Fsp3) is 0.833. The summed E-state index contributed by atoms with van der Waals surface area (Å²) >= 11 is 0. The molecule has 0 atom stereocenters. The van der Waals surface area contributed by atoms with Crippen molar-refractivity contribution in [2.45, 2.75) is 32.1 Å². The summed E-state index contributed by atoms with van der Waals surface area (Å²) in [5.74, 6) is 0. The third kappa shape index (κ3) is 2.63. The van der Waals surface area contributed by atoms with Crippen LogP contribution in [0.4, 0.5) is 0 Å². The van der Waals surface area contributed by atoms with Crippen LogP contribution in [0.5, 0.6) is 0 Å². The minimum atomic E-state index is 0. The van der Waals surface area contributed by atoms with E-state index in [4.69, 9.17) is 0 Å². The van der Waals surface area contributed by atoms with E-state index in [1.54, 1.807) is 0 Å². The Morgan fingerprint density at radius 1 is 0.857 bits per heavy atom. The van der Waals surface area contributed by atoms with Gasteiger partial charge in [0, 0.05) is 0 Å². The van der Waals surface area contributed by atoms with Crippen molar-refractivity contribution in [3.05, 3.63) is 6.42 Å². The molecule has 0 unspecified atom stereocenters. The number of hydrogen-bond donors (Lipinski definition) is 1. The van der Waals surface area contributed by atoms with Gasteiger partial charge in [-0.3, -0.25) is 0 Å². The van der Waals surface area contributed by atoms with E-state index >= 15 is 0 Å². The highest BCUT2D eigenvalue weighted by atomic mass is 14.0. The zero-order valence-corrected chi connectivity index (χ0v) is 4.82. The summed E-state index contributed by atoms with van der Waals surface area (Å²) in [4.78, 5) is 0. The quantitative estimate of drug-likeness (QED) is 0.498. The molecule has 0 aromatic carbocycles. The second-order valence-corrected chi connectivity index (χ2v) is 1.93. The van der Waals surface area contributed by atoms with E-state index in [-0.39, 0.29) is 6.15 Å². The van der Waals surface area contributed by atoms with Crippen LogP contribution < -0.4 is 6.15 Å². The molecule has 0 heterocycles. The van der Waals surface area contributed by atoms with Crippen LogP contribution in [0.1, 0.15) is 32.1 Å². The van der Waals surface area contributed by atoms with Gasteiger partial charge in [0.15, 0.2) is 0 Å². The molecule has 1 rings (SSSR count). The zero-order chi connectivity index (χ0) is 4.24. The largest absolute Gasteiger partial charge is 0.344 e. The van der Waals surface area contributed by atoms with Crippen molar-refractivity contribution in [2.75, 3.05) is 0 Å². The van der Waals surface area contributed by atoms with Gasteiger partial charge in [-0.2, -0.15) is 0 Å². The van der Waals surface area contributed by atoms with Crippen molar-refractivity contribution < 1.29 is 0 Å². The summed E-state index contributed by atoms with van der Waals surface area (Å²) in [5.41, 5.74) is 0. The van der Waals surface area contributed by atoms with Crippen molar-refractivity contribution in [1.82, 2.24) is 6.15 Å². The first-order chi connectivity index (χ1) is 3.00. The van der Waals surface area contributed by atoms with Crippen LogP contribution in [-0.4, -0.2) is 0 Å². The topological polar surface area (TPSA) is 35.0 Å². The average Bonchev–Trinajstić information content (AvgIpc) is 1.72. The van der Waals surface area contributed by atoms with Gasteiger partial charge < -0.3 is 6.15 Å². The Kier molecular flexibility index (Phi) is 4.10. The van der Waals surface area contributed by atoms with Gasteiger partial charge in [-0.15, -0.1) is 0 Å². The predicted octanol–water partition coefficient (Wildman–Crippen LogP) is 2.32. The Morgan fingerprint density at radius 2 is 1.43 bits per heavy atom. The third-order valence-corrected chi connectivity index (χ3v) is 1.32. The zero-order valence-electron chi connectivity index (χ0n) is 4.82. The highest BCUT2D eigenvalue weighted by Crippen LogP contribution is 2.14. The standard InChI is InChI=1S/C6H11.H3N/c1-2-4-6-5-3-1;/h1H,2-6H2;1H3. The first kappa shape index (κ1) is 6.96. The normalized spacial score (nSPS) is 20.6. The smallest absolute Gasteiger partial charge is 0.0386 e. The summed E-state index contributed by atoms with van der Waals surface area (Å²) in [6.07, 6.45) is 9.50. The molecule has 1 fully saturated rings. The molecule has 1 nitrogen and oxygen atoms in total. The lowest BCUT2D eigenvalue weighted by atomic mass is 10.0. The lowest BCUT2D eigenvalue weighted by Gasteiger charge is -2.05. The van der Waals surface area contributed by atoms with Crippen molar-refractivity contribution in [3.8, 4) is 0 Å². The number of hydrogen-bond acceptors (Lipinski definition) is 1. The van der Waals surface area contributed by atoms with Crippen molar-refractivity contribution >= 4 is 0 Å². The van der Waals surface area contributed by atoms with Gasteiger partial charge in [-0.05, 0) is 6.42 Å². The molecule has 0 saturated heterocycles. The summed E-state index contributed by atoms with van der Waals surface area (Å²) in [7, 11) is 0. The van der Waals surface area contributed by atoms with Gasteiger partial charge in [0.1, 0.15) is 0 Å². The Morgan fingerprint density at radius 3 is 1.57 bits per heavy atom. The minimum absolute atomic E-state index is 0. The molecule has 1 radical (unpaired) electrons. The Balaban J connectivity index is 0.000000360. The molecule has 1 aliphatic rings. The van der Waals surface area contributed by atoms with Crippen molar-refractivity contribution in [3.63, 3.8) is 0 Å². The molecule has 0 aromatic rings. The second-order valence-electron chi connectivity index (χ2n) is 1.93. The van der Waals surface area contributed by atoms with E-state index in [9.17, 15) is 0 Å². The Bertz CT molecular complexity index is 19.7. The van der Waals surface area contributed by atoms with Crippen molar-refractivity contribution in [1.29, 1.82) is 0 Å². The molecule has 1 heteroatoms. The monoisotopic (exact) mass is 100 g/mol. The Labute approximate surface area is 45.7 Å². The molecule has 0 bridgehead atoms. The molecule has 7 heavy (non-hydrogen) atoms. The van der Waals surface area contributed by atoms with Crippen LogP contribution in [0.15, 0.2) is 0 Å². The van der Waals surface area contributed by atoms with Gasteiger partial charge in [0.25, 0.3) is 0 Å². The highest BCUT2D eigenvalue weighted by Gasteiger charge is 1.95. The molecule has 0 spiro atoms. The molecule has 0 aromatic heterocycles. The first-order valence-corrected chi connectivity index (χ1v) is 2.82. The predicted molar refractivity (Wildman–Crippen MR) is 32.4 cm³/mol. The summed E-state index contributed by atoms with van der Waals surface area (Å²) in [6.45, 7) is 0. The average molecular weight is 100 g/mol. The molecule has 1 saturated carbocycles. The van der Waals surface area contributed by atoms with Crippen LogP contribution in [0, 0.1) is 6.42 Å². The van der Waals surface area contributed by atoms with Gasteiger partial charge in [-0.25, -0.2) is 0 Å². The third-order valence-electron chi connectivity index (χ3n) is 1.32. The summed E-state index contributed by atoms with van der Waals surface area (Å²) in [5, 5.41) is 0. The molecular formula is C6H14N. The fourth-order valence-corrected chi connectivity index (χ4v) is 0.898. The van der Waals surface area contributed by atoms with Crippen LogP contribution in [0.25, 0.3) is 0 Å².